The van der Waals surface area contributed by atoms with Gasteiger partial charge in [-0.05, 0) is 24.1 Å². The summed E-state index contributed by atoms with van der Waals surface area (Å²) < 4.78 is 26.6. The number of ketones is 1. The summed E-state index contributed by atoms with van der Waals surface area (Å²) in [6.07, 6.45) is 5.68. The monoisotopic (exact) mass is 300 g/mol. The number of hydrogen-bond acceptors (Lipinski definition) is 3. The topological polar surface area (TPSA) is 55.1 Å². The first-order valence-corrected chi connectivity index (χ1v) is 8.01. The van der Waals surface area contributed by atoms with Crippen LogP contribution < -0.4 is 4.57 Å². The van der Waals surface area contributed by atoms with Crippen LogP contribution >= 0.6 is 0 Å². The quantitative estimate of drug-likeness (QED) is 0.625. The molecule has 0 radical (unpaired) electrons. The molecule has 0 atom stereocenters. The third kappa shape index (κ3) is 2.29. The van der Waals surface area contributed by atoms with Crippen LogP contribution in [0.1, 0.15) is 15.9 Å². The molecule has 3 rings (SSSR count). The Morgan fingerprint density at radius 2 is 1.76 bits per heavy atom. The number of rotatable bonds is 2. The maximum Gasteiger partial charge on any atom is 0.210 e. The molecule has 1 aliphatic heterocycles. The molecule has 1 aromatic heterocycles. The Hall–Kier alpha value is -2.27. The van der Waals surface area contributed by atoms with Crippen molar-refractivity contribution < 1.29 is 17.8 Å². The van der Waals surface area contributed by atoms with Gasteiger partial charge in [0.25, 0.3) is 0 Å². The van der Waals surface area contributed by atoms with Crippen LogP contribution in [0.15, 0.2) is 64.7 Å². The summed E-state index contributed by atoms with van der Waals surface area (Å²) in [5, 5.41) is 0. The van der Waals surface area contributed by atoms with E-state index in [1.165, 1.54) is 12.1 Å². The van der Waals surface area contributed by atoms with Gasteiger partial charge in [-0.15, -0.1) is 0 Å². The van der Waals surface area contributed by atoms with Gasteiger partial charge in [-0.25, -0.2) is 13.0 Å². The van der Waals surface area contributed by atoms with Gasteiger partial charge in [-0.3, -0.25) is 4.79 Å². The van der Waals surface area contributed by atoms with E-state index < -0.39 is 15.6 Å². The van der Waals surface area contributed by atoms with Crippen LogP contribution in [0.25, 0.3) is 0 Å². The van der Waals surface area contributed by atoms with Crippen molar-refractivity contribution in [2.75, 3.05) is 0 Å². The van der Waals surface area contributed by atoms with Crippen molar-refractivity contribution in [1.29, 1.82) is 0 Å². The number of hydrogen-bond donors (Lipinski definition) is 0. The van der Waals surface area contributed by atoms with E-state index in [4.69, 9.17) is 0 Å². The summed E-state index contributed by atoms with van der Waals surface area (Å²) in [5.74, 6) is -0.410. The van der Waals surface area contributed by atoms with Crippen molar-refractivity contribution in [1.82, 2.24) is 0 Å². The molecule has 0 N–H and O–H groups in total. The van der Waals surface area contributed by atoms with E-state index in [-0.39, 0.29) is 15.4 Å². The van der Waals surface area contributed by atoms with Crippen molar-refractivity contribution in [3.63, 3.8) is 0 Å². The Morgan fingerprint density at radius 3 is 2.43 bits per heavy atom. The first-order chi connectivity index (χ1) is 10.00. The average molecular weight is 300 g/mol. The van der Waals surface area contributed by atoms with Gasteiger partial charge in [0.05, 0.1) is 4.90 Å². The molecular formula is C16H14NO3S+. The molecular weight excluding hydrogens is 286 g/mol. The van der Waals surface area contributed by atoms with Crippen LogP contribution in [-0.2, 0) is 23.3 Å². The van der Waals surface area contributed by atoms with Crippen LogP contribution in [0.2, 0.25) is 0 Å². The molecule has 0 bridgehead atoms. The van der Waals surface area contributed by atoms with Gasteiger partial charge in [-0.2, -0.15) is 0 Å². The molecule has 1 aliphatic rings. The fourth-order valence-electron chi connectivity index (χ4n) is 2.34. The number of fused-ring (bicyclic) bond motifs is 1. The zero-order valence-corrected chi connectivity index (χ0v) is 12.3. The molecule has 106 valence electrons. The van der Waals surface area contributed by atoms with E-state index in [2.05, 4.69) is 0 Å². The van der Waals surface area contributed by atoms with Crippen LogP contribution in [-0.4, -0.2) is 14.2 Å². The summed E-state index contributed by atoms with van der Waals surface area (Å²) in [6.45, 7) is 0. The molecule has 21 heavy (non-hydrogen) atoms. The SMILES string of the molecule is C[n+]1ccc(C/C=C2/C(=O)c3ccccc3S2(=O)=O)cc1. The lowest BCUT2D eigenvalue weighted by Crippen LogP contribution is -2.25. The number of carbonyl (C=O) groups excluding carboxylic acids is 1. The molecule has 2 heterocycles. The zero-order chi connectivity index (χ0) is 15.0. The van der Waals surface area contributed by atoms with E-state index in [1.807, 2.05) is 36.1 Å². The standard InChI is InChI=1S/C16H14NO3S/c1-17-10-8-12(9-11-17)6-7-15-16(18)13-4-2-3-5-14(13)21(15,19)20/h2-5,7-11H,6H2,1H3/q+1/b15-7-. The highest BCUT2D eigenvalue weighted by molar-refractivity contribution is 7.97. The largest absolute Gasteiger partial charge is 0.288 e. The third-order valence-corrected chi connectivity index (χ3v) is 5.37. The second-order valence-electron chi connectivity index (χ2n) is 4.97. The van der Waals surface area contributed by atoms with Crippen molar-refractivity contribution >= 4 is 15.6 Å². The van der Waals surface area contributed by atoms with Crippen molar-refractivity contribution in [3.8, 4) is 0 Å². The minimum Gasteiger partial charge on any atom is -0.288 e. The molecule has 0 amide bonds. The smallest absolute Gasteiger partial charge is 0.210 e. The number of aromatic nitrogens is 1. The van der Waals surface area contributed by atoms with Crippen molar-refractivity contribution in [2.45, 2.75) is 11.3 Å². The number of Topliss-reactive ketones (excluding diaryl/α,β-unsaturated/α-hetero) is 1. The number of sulfone groups is 1. The lowest BCUT2D eigenvalue weighted by atomic mass is 10.1. The van der Waals surface area contributed by atoms with Gasteiger partial charge in [0.1, 0.15) is 12.0 Å². The fraction of sp³-hybridized carbons (Fsp3) is 0.125. The van der Waals surface area contributed by atoms with Gasteiger partial charge >= 0.3 is 0 Å². The molecule has 0 fully saturated rings. The fourth-order valence-corrected chi connectivity index (χ4v) is 3.94. The summed E-state index contributed by atoms with van der Waals surface area (Å²) in [5.41, 5.74) is 1.22. The average Bonchev–Trinajstić information content (AvgIpc) is 2.67. The zero-order valence-electron chi connectivity index (χ0n) is 11.5. The number of aryl methyl sites for hydroxylation is 1. The maximum atomic E-state index is 12.4. The van der Waals surface area contributed by atoms with E-state index in [0.717, 1.165) is 5.56 Å². The summed E-state index contributed by atoms with van der Waals surface area (Å²) in [6, 6.07) is 10.1. The van der Waals surface area contributed by atoms with E-state index in [1.54, 1.807) is 18.2 Å². The summed E-state index contributed by atoms with van der Waals surface area (Å²) in [7, 11) is -1.76. The maximum absolute atomic E-state index is 12.4. The van der Waals surface area contributed by atoms with Gasteiger partial charge in [0.2, 0.25) is 15.6 Å². The molecule has 5 heteroatoms. The van der Waals surface area contributed by atoms with Gasteiger partial charge in [-0.1, -0.05) is 18.2 Å². The minimum absolute atomic E-state index is 0.112. The first kappa shape index (κ1) is 13.7. The first-order valence-electron chi connectivity index (χ1n) is 6.53. The highest BCUT2D eigenvalue weighted by Gasteiger charge is 2.38. The lowest BCUT2D eigenvalue weighted by Gasteiger charge is -1.98. The van der Waals surface area contributed by atoms with Crippen LogP contribution in [0.5, 0.6) is 0 Å². The summed E-state index contributed by atoms with van der Waals surface area (Å²) in [4.78, 5) is 12.2. The van der Waals surface area contributed by atoms with Gasteiger partial charge in [0.15, 0.2) is 12.4 Å². The highest BCUT2D eigenvalue weighted by atomic mass is 32.2. The Kier molecular flexibility index (Phi) is 3.22. The number of carbonyl (C=O) groups is 1. The lowest BCUT2D eigenvalue weighted by molar-refractivity contribution is -0.671. The predicted octanol–water partition coefficient (Wildman–Crippen LogP) is 1.61. The molecule has 0 saturated heterocycles. The highest BCUT2D eigenvalue weighted by Crippen LogP contribution is 2.33. The van der Waals surface area contributed by atoms with E-state index >= 15 is 0 Å². The molecule has 0 saturated carbocycles. The third-order valence-electron chi connectivity index (χ3n) is 3.51. The van der Waals surface area contributed by atoms with Crippen LogP contribution in [0.3, 0.4) is 0 Å². The molecule has 4 nitrogen and oxygen atoms in total. The number of allylic oxidation sites excluding steroid dienone is 2. The number of pyridine rings is 1. The van der Waals surface area contributed by atoms with Crippen molar-refractivity contribution in [3.05, 3.63) is 70.9 Å². The van der Waals surface area contributed by atoms with E-state index in [0.29, 0.717) is 6.42 Å². The molecule has 2 aromatic rings. The molecule has 0 aliphatic carbocycles. The normalized spacial score (nSPS) is 18.0. The Labute approximate surface area is 123 Å². The Balaban J connectivity index is 1.99. The molecule has 1 aromatic carbocycles. The second kappa shape index (κ2) is 4.93. The number of benzene rings is 1. The van der Waals surface area contributed by atoms with Gasteiger partial charge in [0, 0.05) is 17.7 Å². The van der Waals surface area contributed by atoms with Crippen LogP contribution in [0.4, 0.5) is 0 Å². The number of nitrogens with zero attached hydrogens (tertiary/aromatic N) is 1. The van der Waals surface area contributed by atoms with E-state index in [9.17, 15) is 13.2 Å². The summed E-state index contributed by atoms with van der Waals surface area (Å²) >= 11 is 0. The predicted molar refractivity (Wildman–Crippen MR) is 77.4 cm³/mol. The minimum atomic E-state index is -3.67. The van der Waals surface area contributed by atoms with Crippen molar-refractivity contribution in [2.24, 2.45) is 7.05 Å². The van der Waals surface area contributed by atoms with Gasteiger partial charge < -0.3 is 0 Å². The Bertz CT molecular complexity index is 849. The molecule has 0 spiro atoms. The molecule has 0 unspecified atom stereocenters. The van der Waals surface area contributed by atoms with Crippen LogP contribution in [0, 0.1) is 0 Å². The second-order valence-corrected chi connectivity index (χ2v) is 6.86. The Morgan fingerprint density at radius 1 is 1.10 bits per heavy atom.